The molecule has 0 bridgehead atoms. The zero-order chi connectivity index (χ0) is 21.1. The van der Waals surface area contributed by atoms with Crippen LogP contribution in [0.4, 0.5) is 11.4 Å². The van der Waals surface area contributed by atoms with Crippen LogP contribution in [0.2, 0.25) is 10.0 Å². The molecule has 0 aliphatic carbocycles. The van der Waals surface area contributed by atoms with Crippen molar-refractivity contribution in [3.05, 3.63) is 58.1 Å². The van der Waals surface area contributed by atoms with Crippen LogP contribution in [0.15, 0.2) is 47.5 Å². The summed E-state index contributed by atoms with van der Waals surface area (Å²) < 4.78 is 0. The molecular weight excluding hydrogens is 417 g/mol. The van der Waals surface area contributed by atoms with Gasteiger partial charge in [-0.2, -0.15) is 0 Å². The van der Waals surface area contributed by atoms with E-state index in [0.717, 1.165) is 56.2 Å². The van der Waals surface area contributed by atoms with Crippen molar-refractivity contribution in [3.63, 3.8) is 0 Å². The standard InChI is InChI=1S/C23H29Cl2N5/c1-29(2)12-13-30-21-15-19(25)18(24)14-20(21)28-23(8-10-26-11-9-23)22(30)27-16-17-6-4-3-5-7-17/h3-7,14-15,26,28H,8-13,16H2,1-2H3/b27-22+. The maximum absolute atomic E-state index is 6.42. The van der Waals surface area contributed by atoms with Gasteiger partial charge in [0.25, 0.3) is 0 Å². The quantitative estimate of drug-likeness (QED) is 0.710. The molecule has 0 atom stereocenters. The molecular formula is C23H29Cl2N5. The smallest absolute Gasteiger partial charge is 0.130 e. The van der Waals surface area contributed by atoms with Gasteiger partial charge in [0, 0.05) is 13.1 Å². The summed E-state index contributed by atoms with van der Waals surface area (Å²) in [5, 5.41) is 8.45. The van der Waals surface area contributed by atoms with Gasteiger partial charge >= 0.3 is 0 Å². The van der Waals surface area contributed by atoms with Gasteiger partial charge in [-0.25, -0.2) is 0 Å². The lowest BCUT2D eigenvalue weighted by atomic mass is 9.83. The number of benzene rings is 2. The third-order valence-corrected chi connectivity index (χ3v) is 6.59. The maximum Gasteiger partial charge on any atom is 0.130 e. The van der Waals surface area contributed by atoms with Crippen LogP contribution in [0.5, 0.6) is 0 Å². The monoisotopic (exact) mass is 445 g/mol. The fourth-order valence-electron chi connectivity index (χ4n) is 4.26. The number of anilines is 2. The third kappa shape index (κ3) is 4.45. The first-order valence-electron chi connectivity index (χ1n) is 10.5. The van der Waals surface area contributed by atoms with Gasteiger partial charge in [0.15, 0.2) is 0 Å². The minimum Gasteiger partial charge on any atom is -0.371 e. The van der Waals surface area contributed by atoms with Gasteiger partial charge in [-0.1, -0.05) is 53.5 Å². The van der Waals surface area contributed by atoms with E-state index in [-0.39, 0.29) is 5.54 Å². The number of rotatable bonds is 5. The second-order valence-electron chi connectivity index (χ2n) is 8.32. The molecule has 1 saturated heterocycles. The normalized spacial score (nSPS) is 19.2. The molecule has 2 aromatic carbocycles. The minimum absolute atomic E-state index is 0.212. The Hall–Kier alpha value is -1.79. The molecule has 30 heavy (non-hydrogen) atoms. The Morgan fingerprint density at radius 3 is 2.47 bits per heavy atom. The molecule has 5 nitrogen and oxygen atoms in total. The molecule has 4 rings (SSSR count). The van der Waals surface area contributed by atoms with E-state index < -0.39 is 0 Å². The molecule has 0 saturated carbocycles. The third-order valence-electron chi connectivity index (χ3n) is 5.87. The number of hydrogen-bond acceptors (Lipinski definition) is 4. The van der Waals surface area contributed by atoms with Crippen LogP contribution in [-0.4, -0.2) is 56.5 Å². The topological polar surface area (TPSA) is 42.9 Å². The number of nitrogens with one attached hydrogen (secondary N) is 2. The van der Waals surface area contributed by atoms with Gasteiger partial charge in [-0.3, -0.25) is 4.99 Å². The van der Waals surface area contributed by atoms with E-state index in [9.17, 15) is 0 Å². The van der Waals surface area contributed by atoms with Crippen molar-refractivity contribution in [3.8, 4) is 0 Å². The number of halogens is 2. The van der Waals surface area contributed by atoms with Crippen molar-refractivity contribution in [2.75, 3.05) is 50.5 Å². The molecule has 1 fully saturated rings. The highest BCUT2D eigenvalue weighted by molar-refractivity contribution is 6.42. The van der Waals surface area contributed by atoms with Gasteiger partial charge in [0.05, 0.1) is 33.5 Å². The van der Waals surface area contributed by atoms with Crippen molar-refractivity contribution in [2.45, 2.75) is 24.9 Å². The highest BCUT2D eigenvalue weighted by Gasteiger charge is 2.44. The Bertz CT molecular complexity index is 907. The molecule has 2 aromatic rings. The summed E-state index contributed by atoms with van der Waals surface area (Å²) in [6, 6.07) is 14.4. The van der Waals surface area contributed by atoms with E-state index in [0.29, 0.717) is 16.6 Å². The fourth-order valence-corrected chi connectivity index (χ4v) is 4.58. The lowest BCUT2D eigenvalue weighted by Crippen LogP contribution is -2.62. The van der Waals surface area contributed by atoms with Crippen LogP contribution in [0.1, 0.15) is 18.4 Å². The number of piperidine rings is 1. The summed E-state index contributed by atoms with van der Waals surface area (Å²) in [4.78, 5) is 9.75. The number of amidine groups is 1. The molecule has 0 radical (unpaired) electrons. The summed E-state index contributed by atoms with van der Waals surface area (Å²) in [5.74, 6) is 1.10. The van der Waals surface area contributed by atoms with Crippen molar-refractivity contribution in [1.29, 1.82) is 0 Å². The van der Waals surface area contributed by atoms with Gasteiger partial charge < -0.3 is 20.4 Å². The predicted molar refractivity (Wildman–Crippen MR) is 128 cm³/mol. The number of nitrogens with zero attached hydrogens (tertiary/aromatic N) is 3. The molecule has 0 unspecified atom stereocenters. The van der Waals surface area contributed by atoms with E-state index in [2.05, 4.69) is 58.8 Å². The van der Waals surface area contributed by atoms with E-state index in [1.807, 2.05) is 18.2 Å². The number of hydrogen-bond donors (Lipinski definition) is 2. The van der Waals surface area contributed by atoms with Crippen LogP contribution < -0.4 is 15.5 Å². The van der Waals surface area contributed by atoms with Crippen molar-refractivity contribution >= 4 is 40.4 Å². The second kappa shape index (κ2) is 9.15. The Morgan fingerprint density at radius 2 is 1.77 bits per heavy atom. The van der Waals surface area contributed by atoms with Crippen molar-refractivity contribution < 1.29 is 0 Å². The zero-order valence-corrected chi connectivity index (χ0v) is 19.1. The summed E-state index contributed by atoms with van der Waals surface area (Å²) in [7, 11) is 4.19. The Kier molecular flexibility index (Phi) is 6.54. The Morgan fingerprint density at radius 1 is 1.07 bits per heavy atom. The Labute approximate surface area is 189 Å². The molecule has 7 heteroatoms. The molecule has 2 aliphatic heterocycles. The van der Waals surface area contributed by atoms with E-state index in [4.69, 9.17) is 28.2 Å². The first kappa shape index (κ1) is 21.4. The first-order valence-corrected chi connectivity index (χ1v) is 11.2. The van der Waals surface area contributed by atoms with Crippen LogP contribution in [0.3, 0.4) is 0 Å². The van der Waals surface area contributed by atoms with Crippen LogP contribution >= 0.6 is 23.2 Å². The summed E-state index contributed by atoms with van der Waals surface area (Å²) in [6.45, 7) is 4.31. The molecule has 160 valence electrons. The minimum atomic E-state index is -0.212. The Balaban J connectivity index is 1.80. The van der Waals surface area contributed by atoms with Crippen LogP contribution in [0, 0.1) is 0 Å². The summed E-state index contributed by atoms with van der Waals surface area (Å²) >= 11 is 12.8. The van der Waals surface area contributed by atoms with Gasteiger partial charge in [-0.05, 0) is 57.7 Å². The molecule has 2 aliphatic rings. The largest absolute Gasteiger partial charge is 0.371 e. The predicted octanol–water partition coefficient (Wildman–Crippen LogP) is 4.51. The number of likely N-dealkylation sites (N-methyl/N-ethyl adjacent to an activating group) is 1. The highest BCUT2D eigenvalue weighted by atomic mass is 35.5. The fraction of sp³-hybridized carbons (Fsp3) is 0.435. The lowest BCUT2D eigenvalue weighted by molar-refractivity contribution is 0.401. The van der Waals surface area contributed by atoms with Crippen LogP contribution in [0.25, 0.3) is 0 Å². The van der Waals surface area contributed by atoms with Crippen molar-refractivity contribution in [1.82, 2.24) is 10.2 Å². The summed E-state index contributed by atoms with van der Waals surface area (Å²) in [5.41, 5.74) is 3.07. The average molecular weight is 446 g/mol. The SMILES string of the molecule is CN(C)CCN1/C(=N/Cc2ccccc2)C2(CCNCC2)Nc2cc(Cl)c(Cl)cc21. The van der Waals surface area contributed by atoms with Crippen LogP contribution in [-0.2, 0) is 6.54 Å². The van der Waals surface area contributed by atoms with Gasteiger partial charge in [0.1, 0.15) is 5.84 Å². The molecule has 0 aromatic heterocycles. The average Bonchev–Trinajstić information content (AvgIpc) is 2.74. The number of fused-ring (bicyclic) bond motifs is 1. The van der Waals surface area contributed by atoms with E-state index >= 15 is 0 Å². The number of aliphatic imine (C=N–C) groups is 1. The molecule has 0 amide bonds. The summed E-state index contributed by atoms with van der Waals surface area (Å²) in [6.07, 6.45) is 1.94. The van der Waals surface area contributed by atoms with E-state index in [1.54, 1.807) is 0 Å². The van der Waals surface area contributed by atoms with Gasteiger partial charge in [-0.15, -0.1) is 0 Å². The highest BCUT2D eigenvalue weighted by Crippen LogP contribution is 2.43. The van der Waals surface area contributed by atoms with Gasteiger partial charge in [0.2, 0.25) is 0 Å². The lowest BCUT2D eigenvalue weighted by Gasteiger charge is -2.49. The maximum atomic E-state index is 6.42. The second-order valence-corrected chi connectivity index (χ2v) is 9.14. The zero-order valence-electron chi connectivity index (χ0n) is 17.6. The molecule has 2 heterocycles. The molecule has 1 spiro atoms. The molecule has 2 N–H and O–H groups in total. The first-order chi connectivity index (χ1) is 14.5. The van der Waals surface area contributed by atoms with Crippen molar-refractivity contribution in [2.24, 2.45) is 4.99 Å². The van der Waals surface area contributed by atoms with E-state index in [1.165, 1.54) is 5.56 Å².